The molecule has 0 spiro atoms. The van der Waals surface area contributed by atoms with Gasteiger partial charge in [0, 0.05) is 38.6 Å². The van der Waals surface area contributed by atoms with Gasteiger partial charge in [-0.2, -0.15) is 0 Å². The summed E-state index contributed by atoms with van der Waals surface area (Å²) in [6, 6.07) is -0.136. The molecule has 52 heavy (non-hydrogen) atoms. The standard InChI is InChI=1S/C30H44N4O18/c1-11(38)31-19-23(42)22(41)16(8-35)49-29(19)51-26-18(10-37)50-30(20(24(26)43)32-12(2)39)52-27-17(9-36)48-28(45)21(25(27)44)33(13(3)40)14-4-6-15(7-5-14)34(46)47/h4-7,16-30,35-37,41-45H,8-10H2,1-3H3,(H,31,38)(H,32,39)/t16-,17-,18-,19-,20-,21-,22-,23-,24-,25-,26-,27-,28?,29+,30+/m1/s1. The summed E-state index contributed by atoms with van der Waals surface area (Å²) < 4.78 is 28.9. The van der Waals surface area contributed by atoms with Gasteiger partial charge in [-0.05, 0) is 12.1 Å². The number of non-ortho nitro benzene ring substituents is 1. The first kappa shape index (κ1) is 41.3. The highest BCUT2D eigenvalue weighted by Gasteiger charge is 2.55. The van der Waals surface area contributed by atoms with Gasteiger partial charge in [0.15, 0.2) is 18.9 Å². The average molecular weight is 749 g/mol. The lowest BCUT2D eigenvalue weighted by Crippen LogP contribution is -2.71. The predicted octanol–water partition coefficient (Wildman–Crippen LogP) is -5.32. The second-order valence-corrected chi connectivity index (χ2v) is 12.5. The molecule has 22 heteroatoms. The van der Waals surface area contributed by atoms with Crippen LogP contribution in [0.1, 0.15) is 20.8 Å². The van der Waals surface area contributed by atoms with Gasteiger partial charge in [-0.25, -0.2) is 0 Å². The molecule has 1 unspecified atom stereocenters. The number of hydrogen-bond donors (Lipinski definition) is 10. The Bertz CT molecular complexity index is 1410. The topological polar surface area (TPSA) is 330 Å². The first-order chi connectivity index (χ1) is 24.5. The molecule has 22 nitrogen and oxygen atoms in total. The Kier molecular flexibility index (Phi) is 13.9. The molecule has 10 N–H and O–H groups in total. The van der Waals surface area contributed by atoms with Crippen molar-refractivity contribution in [2.24, 2.45) is 0 Å². The van der Waals surface area contributed by atoms with Crippen LogP contribution in [0.25, 0.3) is 0 Å². The molecular formula is C30H44N4O18. The van der Waals surface area contributed by atoms with Crippen LogP contribution in [0.5, 0.6) is 0 Å². The van der Waals surface area contributed by atoms with Crippen LogP contribution in [-0.4, -0.2) is 175 Å². The van der Waals surface area contributed by atoms with E-state index < -0.39 is 134 Å². The molecular weight excluding hydrogens is 704 g/mol. The number of benzene rings is 1. The number of aliphatic hydroxyl groups is 8. The number of amides is 3. The van der Waals surface area contributed by atoms with Gasteiger partial charge in [-0.3, -0.25) is 24.5 Å². The van der Waals surface area contributed by atoms with E-state index in [1.54, 1.807) is 0 Å². The molecule has 0 radical (unpaired) electrons. The minimum absolute atomic E-state index is 0.00960. The third-order valence-corrected chi connectivity index (χ3v) is 8.87. The van der Waals surface area contributed by atoms with Crippen molar-refractivity contribution in [2.45, 2.75) is 113 Å². The molecule has 0 aliphatic carbocycles. The van der Waals surface area contributed by atoms with Gasteiger partial charge >= 0.3 is 0 Å². The van der Waals surface area contributed by atoms with Gasteiger partial charge in [0.1, 0.15) is 73.1 Å². The van der Waals surface area contributed by atoms with Crippen molar-refractivity contribution >= 4 is 29.1 Å². The molecule has 3 fully saturated rings. The maximum absolute atomic E-state index is 12.9. The van der Waals surface area contributed by atoms with E-state index in [0.29, 0.717) is 0 Å². The van der Waals surface area contributed by atoms with E-state index in [4.69, 9.17) is 23.7 Å². The minimum Gasteiger partial charge on any atom is -0.394 e. The average Bonchev–Trinajstić information content (AvgIpc) is 3.09. The molecule has 292 valence electrons. The van der Waals surface area contributed by atoms with Crippen LogP contribution >= 0.6 is 0 Å². The fraction of sp³-hybridized carbons (Fsp3) is 0.700. The van der Waals surface area contributed by atoms with E-state index in [1.165, 1.54) is 12.1 Å². The quantitative estimate of drug-likeness (QED) is 0.0705. The number of nitro groups is 1. The summed E-state index contributed by atoms with van der Waals surface area (Å²) in [7, 11) is 0. The van der Waals surface area contributed by atoms with Crippen molar-refractivity contribution in [3.63, 3.8) is 0 Å². The van der Waals surface area contributed by atoms with Crippen LogP contribution in [0.4, 0.5) is 11.4 Å². The first-order valence-electron chi connectivity index (χ1n) is 16.1. The number of ether oxygens (including phenoxy) is 5. The summed E-state index contributed by atoms with van der Waals surface area (Å²) in [5, 5.41) is 101. The van der Waals surface area contributed by atoms with Crippen LogP contribution in [0.3, 0.4) is 0 Å². The van der Waals surface area contributed by atoms with Crippen molar-refractivity contribution in [3.05, 3.63) is 34.4 Å². The maximum atomic E-state index is 12.9. The van der Waals surface area contributed by atoms with Crippen molar-refractivity contribution in [1.82, 2.24) is 10.6 Å². The number of aliphatic hydroxyl groups excluding tert-OH is 8. The summed E-state index contributed by atoms with van der Waals surface area (Å²) in [5.74, 6) is -2.16. The number of carbonyl (C=O) groups is 3. The van der Waals surface area contributed by atoms with E-state index in [9.17, 15) is 65.4 Å². The van der Waals surface area contributed by atoms with Crippen LogP contribution in [0.15, 0.2) is 24.3 Å². The number of nitrogens with zero attached hydrogens (tertiary/aromatic N) is 2. The fourth-order valence-electron chi connectivity index (χ4n) is 6.45. The van der Waals surface area contributed by atoms with Gasteiger partial charge in [0.2, 0.25) is 17.7 Å². The molecule has 1 aromatic carbocycles. The lowest BCUT2D eigenvalue weighted by Gasteiger charge is -2.50. The molecule has 3 aliphatic rings. The van der Waals surface area contributed by atoms with Gasteiger partial charge < -0.3 is 80.1 Å². The normalized spacial score (nSPS) is 37.9. The van der Waals surface area contributed by atoms with Crippen molar-refractivity contribution in [1.29, 1.82) is 0 Å². The molecule has 0 bridgehead atoms. The number of carbonyl (C=O) groups excluding carboxylic acids is 3. The molecule has 4 rings (SSSR count). The van der Waals surface area contributed by atoms with Gasteiger partial charge in [0.05, 0.1) is 24.7 Å². The Morgan fingerprint density at radius 1 is 0.731 bits per heavy atom. The maximum Gasteiger partial charge on any atom is 0.269 e. The molecule has 3 aliphatic heterocycles. The highest BCUT2D eigenvalue weighted by Crippen LogP contribution is 2.35. The molecule has 0 saturated carbocycles. The Hall–Kier alpha value is -3.49. The molecule has 15 atom stereocenters. The van der Waals surface area contributed by atoms with Crippen molar-refractivity contribution < 1.29 is 83.8 Å². The summed E-state index contributed by atoms with van der Waals surface area (Å²) in [6.45, 7) is 0.709. The van der Waals surface area contributed by atoms with Crippen LogP contribution in [0, 0.1) is 10.1 Å². The predicted molar refractivity (Wildman–Crippen MR) is 168 cm³/mol. The van der Waals surface area contributed by atoms with Crippen LogP contribution in [-0.2, 0) is 38.1 Å². The Labute approximate surface area is 295 Å². The van der Waals surface area contributed by atoms with E-state index in [1.807, 2.05) is 0 Å². The molecule has 3 heterocycles. The van der Waals surface area contributed by atoms with Crippen LogP contribution < -0.4 is 15.5 Å². The largest absolute Gasteiger partial charge is 0.394 e. The lowest BCUT2D eigenvalue weighted by molar-refractivity contribution is -0.384. The number of rotatable bonds is 12. The lowest BCUT2D eigenvalue weighted by atomic mass is 9.93. The number of nitrogens with one attached hydrogen (secondary N) is 2. The van der Waals surface area contributed by atoms with E-state index >= 15 is 0 Å². The molecule has 1 aromatic rings. The zero-order valence-corrected chi connectivity index (χ0v) is 28.1. The van der Waals surface area contributed by atoms with E-state index in [2.05, 4.69) is 10.6 Å². The minimum atomic E-state index is -1.94. The highest BCUT2D eigenvalue weighted by molar-refractivity contribution is 5.92. The van der Waals surface area contributed by atoms with E-state index in [-0.39, 0.29) is 11.4 Å². The monoisotopic (exact) mass is 748 g/mol. The Balaban J connectivity index is 1.64. The van der Waals surface area contributed by atoms with E-state index in [0.717, 1.165) is 37.8 Å². The third kappa shape index (κ3) is 8.82. The number of anilines is 1. The van der Waals surface area contributed by atoms with Crippen LogP contribution in [0.2, 0.25) is 0 Å². The molecule has 3 amide bonds. The van der Waals surface area contributed by atoms with Gasteiger partial charge in [-0.15, -0.1) is 0 Å². The zero-order valence-electron chi connectivity index (χ0n) is 28.1. The summed E-state index contributed by atoms with van der Waals surface area (Å²) >= 11 is 0. The van der Waals surface area contributed by atoms with Gasteiger partial charge in [-0.1, -0.05) is 0 Å². The van der Waals surface area contributed by atoms with Crippen molar-refractivity contribution in [2.75, 3.05) is 24.7 Å². The van der Waals surface area contributed by atoms with Crippen molar-refractivity contribution in [3.8, 4) is 0 Å². The second kappa shape index (κ2) is 17.6. The summed E-state index contributed by atoms with van der Waals surface area (Å²) in [5.41, 5.74) is -0.300. The number of hydrogen-bond acceptors (Lipinski definition) is 18. The summed E-state index contributed by atoms with van der Waals surface area (Å²) in [4.78, 5) is 48.5. The first-order valence-corrected chi connectivity index (χ1v) is 16.1. The zero-order chi connectivity index (χ0) is 38.6. The smallest absolute Gasteiger partial charge is 0.269 e. The SMILES string of the molecule is CC(=O)N[C@H]1[C@H](O[C@H]2[C@H](O)[C@@H](N(C(C)=O)c3ccc([N+](=O)[O-])cc3)C(O)O[C@@H]2CO)O[C@H](CO)[C@@H](O[C@@H]2O[C@H](CO)[C@@H](O)[C@H](O)[C@H]2NC(C)=O)[C@@H]1O. The molecule has 3 saturated heterocycles. The second-order valence-electron chi connectivity index (χ2n) is 12.5. The number of nitro benzene ring substituents is 1. The molecule has 0 aromatic heterocycles. The highest BCUT2D eigenvalue weighted by atomic mass is 16.7. The Morgan fingerprint density at radius 3 is 1.65 bits per heavy atom. The third-order valence-electron chi connectivity index (χ3n) is 8.87. The summed E-state index contributed by atoms with van der Waals surface area (Å²) in [6.07, 6.45) is -20.3. The fourth-order valence-corrected chi connectivity index (χ4v) is 6.45. The van der Waals surface area contributed by atoms with Gasteiger partial charge in [0.25, 0.3) is 5.69 Å². The Morgan fingerprint density at radius 2 is 1.19 bits per heavy atom.